The monoisotopic (exact) mass is 482 g/mol. The van der Waals surface area contributed by atoms with Crippen LogP contribution in [0.5, 0.6) is 0 Å². The minimum Gasteiger partial charge on any atom is -0.481 e. The van der Waals surface area contributed by atoms with Crippen LogP contribution >= 0.6 is 11.3 Å². The van der Waals surface area contributed by atoms with Crippen LogP contribution in [-0.4, -0.2) is 31.6 Å². The van der Waals surface area contributed by atoms with Gasteiger partial charge in [-0.1, -0.05) is 30.3 Å². The number of aliphatic carboxylic acids is 1. The number of carbonyl (C=O) groups is 1. The standard InChI is InChI=1S/C26H22N6O2S/c1-13-14(2)35-26-23(13)24(29-21(11-22(33)34)25-31-30-15(3)32(25)26)17-6-4-16(5-7-17)18-8-9-20(28)19(10-18)12-27/h4-10,21H,11,28H2,1-3H3,(H,33,34)/t21-/m0/s1. The number of hydrogen-bond donors (Lipinski definition) is 2. The van der Waals surface area contributed by atoms with Crippen LogP contribution in [0.1, 0.15) is 51.2 Å². The lowest BCUT2D eigenvalue weighted by atomic mass is 9.96. The van der Waals surface area contributed by atoms with E-state index in [0.717, 1.165) is 43.4 Å². The van der Waals surface area contributed by atoms with Crippen molar-refractivity contribution in [3.63, 3.8) is 0 Å². The summed E-state index contributed by atoms with van der Waals surface area (Å²) < 4.78 is 1.94. The van der Waals surface area contributed by atoms with Gasteiger partial charge in [0.05, 0.1) is 17.7 Å². The van der Waals surface area contributed by atoms with Crippen LogP contribution in [0.15, 0.2) is 47.5 Å². The molecular weight excluding hydrogens is 460 g/mol. The van der Waals surface area contributed by atoms with Gasteiger partial charge in [0.1, 0.15) is 22.9 Å². The van der Waals surface area contributed by atoms with E-state index in [2.05, 4.69) is 30.1 Å². The maximum atomic E-state index is 11.7. The Morgan fingerprint density at radius 3 is 2.49 bits per heavy atom. The molecule has 0 amide bonds. The fourth-order valence-electron chi connectivity index (χ4n) is 4.34. The number of carboxylic acids is 1. The Balaban J connectivity index is 1.66. The molecule has 2 aromatic heterocycles. The summed E-state index contributed by atoms with van der Waals surface area (Å²) in [5.74, 6) is 0.279. The van der Waals surface area contributed by atoms with Crippen LogP contribution in [0.2, 0.25) is 0 Å². The molecule has 0 fully saturated rings. The van der Waals surface area contributed by atoms with Gasteiger partial charge in [-0.25, -0.2) is 0 Å². The number of aryl methyl sites for hydroxylation is 2. The number of aromatic nitrogens is 3. The Bertz CT molecular complexity index is 1560. The van der Waals surface area contributed by atoms with Gasteiger partial charge >= 0.3 is 5.97 Å². The number of fused-ring (bicyclic) bond motifs is 3. The maximum Gasteiger partial charge on any atom is 0.306 e. The highest BCUT2D eigenvalue weighted by atomic mass is 32.1. The molecule has 0 saturated heterocycles. The number of nitrogens with zero attached hydrogens (tertiary/aromatic N) is 5. The average Bonchev–Trinajstić information content (AvgIpc) is 3.31. The highest BCUT2D eigenvalue weighted by molar-refractivity contribution is 7.15. The van der Waals surface area contributed by atoms with Gasteiger partial charge in [-0.2, -0.15) is 5.26 Å². The van der Waals surface area contributed by atoms with Crippen molar-refractivity contribution in [3.8, 4) is 22.2 Å². The van der Waals surface area contributed by atoms with E-state index in [1.165, 1.54) is 0 Å². The third-order valence-corrected chi connectivity index (χ3v) is 7.47. The van der Waals surface area contributed by atoms with Crippen LogP contribution in [0.25, 0.3) is 16.1 Å². The zero-order valence-electron chi connectivity index (χ0n) is 19.4. The number of thiophene rings is 1. The molecule has 5 rings (SSSR count). The summed E-state index contributed by atoms with van der Waals surface area (Å²) in [5, 5.41) is 28.4. The predicted octanol–water partition coefficient (Wildman–Crippen LogP) is 4.74. The lowest BCUT2D eigenvalue weighted by Crippen LogP contribution is -2.10. The molecule has 9 heteroatoms. The number of carboxylic acid groups (broad SMARTS) is 1. The molecule has 2 aromatic carbocycles. The number of nitrogens with two attached hydrogens (primary N) is 1. The first-order chi connectivity index (χ1) is 16.8. The second kappa shape index (κ2) is 8.49. The molecular formula is C26H22N6O2S. The van der Waals surface area contributed by atoms with E-state index >= 15 is 0 Å². The summed E-state index contributed by atoms with van der Waals surface area (Å²) in [5.41, 5.74) is 12.3. The number of nitriles is 1. The van der Waals surface area contributed by atoms with Crippen molar-refractivity contribution >= 4 is 28.7 Å². The molecule has 0 bridgehead atoms. The van der Waals surface area contributed by atoms with E-state index in [9.17, 15) is 15.2 Å². The van der Waals surface area contributed by atoms with E-state index in [1.54, 1.807) is 23.5 Å². The minimum absolute atomic E-state index is 0.185. The smallest absolute Gasteiger partial charge is 0.306 e. The topological polar surface area (TPSA) is 130 Å². The second-order valence-electron chi connectivity index (χ2n) is 8.49. The molecule has 0 unspecified atom stereocenters. The Morgan fingerprint density at radius 1 is 1.11 bits per heavy atom. The number of anilines is 1. The van der Waals surface area contributed by atoms with E-state index < -0.39 is 12.0 Å². The summed E-state index contributed by atoms with van der Waals surface area (Å²) in [6, 6.07) is 14.7. The Labute approximate surface area is 206 Å². The van der Waals surface area contributed by atoms with Crippen molar-refractivity contribution in [2.24, 2.45) is 4.99 Å². The number of benzene rings is 2. The van der Waals surface area contributed by atoms with E-state index in [1.807, 2.05) is 41.8 Å². The first-order valence-electron chi connectivity index (χ1n) is 11.0. The predicted molar refractivity (Wildman–Crippen MR) is 135 cm³/mol. The lowest BCUT2D eigenvalue weighted by Gasteiger charge is -2.12. The largest absolute Gasteiger partial charge is 0.481 e. The maximum absolute atomic E-state index is 11.7. The fourth-order valence-corrected chi connectivity index (χ4v) is 5.56. The van der Waals surface area contributed by atoms with Crippen molar-refractivity contribution in [2.45, 2.75) is 33.2 Å². The summed E-state index contributed by atoms with van der Waals surface area (Å²) in [4.78, 5) is 17.8. The highest BCUT2D eigenvalue weighted by Crippen LogP contribution is 2.39. The van der Waals surface area contributed by atoms with Crippen molar-refractivity contribution < 1.29 is 9.90 Å². The molecule has 1 atom stereocenters. The quantitative estimate of drug-likeness (QED) is 0.404. The molecule has 1 aliphatic heterocycles. The van der Waals surface area contributed by atoms with Crippen molar-refractivity contribution in [2.75, 3.05) is 5.73 Å². The molecule has 3 N–H and O–H groups in total. The summed E-state index contributed by atoms with van der Waals surface area (Å²) in [7, 11) is 0. The first kappa shape index (κ1) is 22.5. The van der Waals surface area contributed by atoms with Gasteiger partial charge in [0.2, 0.25) is 0 Å². The Hall–Kier alpha value is -4.29. The number of aliphatic imine (C=N–C) groups is 1. The molecule has 8 nitrogen and oxygen atoms in total. The molecule has 1 aliphatic rings. The summed E-state index contributed by atoms with van der Waals surface area (Å²) in [6.07, 6.45) is -0.185. The van der Waals surface area contributed by atoms with E-state index in [-0.39, 0.29) is 6.42 Å². The van der Waals surface area contributed by atoms with Gasteiger partial charge in [-0.05, 0) is 49.6 Å². The molecule has 0 radical (unpaired) electrons. The average molecular weight is 483 g/mol. The molecule has 35 heavy (non-hydrogen) atoms. The Morgan fingerprint density at radius 2 is 1.80 bits per heavy atom. The molecule has 0 aliphatic carbocycles. The molecule has 4 aromatic rings. The van der Waals surface area contributed by atoms with Gasteiger partial charge < -0.3 is 10.8 Å². The van der Waals surface area contributed by atoms with Crippen molar-refractivity contribution in [3.05, 3.63) is 81.2 Å². The van der Waals surface area contributed by atoms with Gasteiger partial charge in [0, 0.05) is 21.7 Å². The van der Waals surface area contributed by atoms with Crippen molar-refractivity contribution in [1.29, 1.82) is 5.26 Å². The first-order valence-corrected chi connectivity index (χ1v) is 11.8. The van der Waals surface area contributed by atoms with Gasteiger partial charge in [0.15, 0.2) is 5.82 Å². The van der Waals surface area contributed by atoms with Crippen molar-refractivity contribution in [1.82, 2.24) is 14.8 Å². The number of hydrogen-bond acceptors (Lipinski definition) is 7. The van der Waals surface area contributed by atoms with E-state index in [4.69, 9.17) is 10.7 Å². The Kier molecular flexibility index (Phi) is 5.46. The lowest BCUT2D eigenvalue weighted by molar-refractivity contribution is -0.137. The third-order valence-electron chi connectivity index (χ3n) is 6.27. The third kappa shape index (κ3) is 3.78. The summed E-state index contributed by atoms with van der Waals surface area (Å²) in [6.45, 7) is 5.99. The SMILES string of the molecule is Cc1sc2c(c1C)C(c1ccc(-c3ccc(N)c(C#N)c3)cc1)=N[C@@H](CC(=O)O)c1nnc(C)n1-2. The van der Waals surface area contributed by atoms with Crippen LogP contribution in [0.3, 0.4) is 0 Å². The van der Waals surface area contributed by atoms with E-state index in [0.29, 0.717) is 22.9 Å². The van der Waals surface area contributed by atoms with Gasteiger partial charge in [0.25, 0.3) is 0 Å². The van der Waals surface area contributed by atoms with Crippen LogP contribution in [0.4, 0.5) is 5.69 Å². The highest BCUT2D eigenvalue weighted by Gasteiger charge is 2.32. The van der Waals surface area contributed by atoms with Crippen LogP contribution in [0, 0.1) is 32.1 Å². The second-order valence-corrected chi connectivity index (χ2v) is 9.69. The molecule has 0 saturated carbocycles. The van der Waals surface area contributed by atoms with Gasteiger partial charge in [-0.3, -0.25) is 14.4 Å². The fraction of sp³-hybridized carbons (Fsp3) is 0.192. The molecule has 3 heterocycles. The number of nitrogen functional groups attached to an aromatic ring is 1. The zero-order valence-corrected chi connectivity index (χ0v) is 20.2. The van der Waals surface area contributed by atoms with Crippen LogP contribution < -0.4 is 5.73 Å². The molecule has 174 valence electrons. The zero-order chi connectivity index (χ0) is 24.9. The normalized spacial score (nSPS) is 14.5. The minimum atomic E-state index is -0.949. The van der Waals surface area contributed by atoms with Crippen LogP contribution in [-0.2, 0) is 4.79 Å². The van der Waals surface area contributed by atoms with Gasteiger partial charge in [-0.15, -0.1) is 21.5 Å². The molecule has 0 spiro atoms. The number of rotatable bonds is 4. The summed E-state index contributed by atoms with van der Waals surface area (Å²) >= 11 is 1.63.